The average Bonchev–Trinajstić information content (AvgIpc) is 3.01. The Balaban J connectivity index is 2.19. The van der Waals surface area contributed by atoms with Gasteiger partial charge in [-0.1, -0.05) is 6.07 Å². The highest BCUT2D eigenvalue weighted by atomic mass is 16.5. The molecule has 3 aromatic rings. The highest BCUT2D eigenvalue weighted by Crippen LogP contribution is 2.32. The van der Waals surface area contributed by atoms with Crippen molar-refractivity contribution in [3.05, 3.63) is 55.1 Å². The molecule has 4 nitrogen and oxygen atoms in total. The average molecular weight is 251 g/mol. The number of imidazole rings is 1. The summed E-state index contributed by atoms with van der Waals surface area (Å²) >= 11 is 0. The predicted molar refractivity (Wildman–Crippen MR) is 73.8 cm³/mol. The fourth-order valence-electron chi connectivity index (χ4n) is 2.03. The molecule has 0 aliphatic carbocycles. The molecule has 0 spiro atoms. The molecule has 2 heterocycles. The minimum Gasteiger partial charge on any atom is -0.497 e. The van der Waals surface area contributed by atoms with Crippen molar-refractivity contribution in [3.63, 3.8) is 0 Å². The minimum absolute atomic E-state index is 0.805. The van der Waals surface area contributed by atoms with Crippen LogP contribution in [0.15, 0.2) is 55.1 Å². The van der Waals surface area contributed by atoms with E-state index in [2.05, 4.69) is 15.0 Å². The van der Waals surface area contributed by atoms with Crippen LogP contribution in [0.4, 0.5) is 0 Å². The molecule has 0 aliphatic rings. The van der Waals surface area contributed by atoms with Gasteiger partial charge >= 0.3 is 0 Å². The number of methoxy groups -OCH3 is 1. The SMILES string of the molecule is COc1ccc(-c2cccnc2)c(-c2ncc[nH]2)c1. The molecule has 4 heteroatoms. The van der Waals surface area contributed by atoms with Gasteiger partial charge in [-0.05, 0) is 29.8 Å². The third kappa shape index (κ3) is 2.20. The second-order valence-corrected chi connectivity index (χ2v) is 4.09. The van der Waals surface area contributed by atoms with E-state index < -0.39 is 0 Å². The smallest absolute Gasteiger partial charge is 0.138 e. The zero-order valence-corrected chi connectivity index (χ0v) is 10.5. The van der Waals surface area contributed by atoms with Crippen molar-refractivity contribution in [2.75, 3.05) is 7.11 Å². The van der Waals surface area contributed by atoms with Crippen LogP contribution in [0.2, 0.25) is 0 Å². The van der Waals surface area contributed by atoms with Crippen molar-refractivity contribution in [1.82, 2.24) is 15.0 Å². The molecule has 0 radical (unpaired) electrons. The van der Waals surface area contributed by atoms with Crippen LogP contribution in [0.3, 0.4) is 0 Å². The second-order valence-electron chi connectivity index (χ2n) is 4.09. The third-order valence-electron chi connectivity index (χ3n) is 2.95. The van der Waals surface area contributed by atoms with Gasteiger partial charge in [-0.15, -0.1) is 0 Å². The Morgan fingerprint density at radius 1 is 1.11 bits per heavy atom. The van der Waals surface area contributed by atoms with Gasteiger partial charge in [0.15, 0.2) is 0 Å². The van der Waals surface area contributed by atoms with E-state index >= 15 is 0 Å². The molecule has 0 aliphatic heterocycles. The summed E-state index contributed by atoms with van der Waals surface area (Å²) < 4.78 is 5.29. The minimum atomic E-state index is 0.805. The van der Waals surface area contributed by atoms with Crippen LogP contribution in [0.1, 0.15) is 0 Å². The molecule has 3 rings (SSSR count). The van der Waals surface area contributed by atoms with E-state index in [1.165, 1.54) is 0 Å². The van der Waals surface area contributed by atoms with Gasteiger partial charge in [-0.3, -0.25) is 4.98 Å². The van der Waals surface area contributed by atoms with Crippen LogP contribution in [-0.2, 0) is 0 Å². The molecule has 0 atom stereocenters. The monoisotopic (exact) mass is 251 g/mol. The Morgan fingerprint density at radius 3 is 2.74 bits per heavy atom. The van der Waals surface area contributed by atoms with Crippen LogP contribution in [0.5, 0.6) is 5.75 Å². The standard InChI is InChI=1S/C15H13N3O/c1-19-12-4-5-13(11-3-2-6-16-10-11)14(9-12)15-17-7-8-18-15/h2-10H,1H3,(H,17,18). The Hall–Kier alpha value is -2.62. The largest absolute Gasteiger partial charge is 0.497 e. The second kappa shape index (κ2) is 4.94. The number of nitrogens with zero attached hydrogens (tertiary/aromatic N) is 2. The lowest BCUT2D eigenvalue weighted by Crippen LogP contribution is -1.90. The van der Waals surface area contributed by atoms with Gasteiger partial charge in [0.1, 0.15) is 11.6 Å². The molecule has 2 aromatic heterocycles. The Kier molecular flexibility index (Phi) is 2.98. The maximum absolute atomic E-state index is 5.29. The molecule has 94 valence electrons. The van der Waals surface area contributed by atoms with Gasteiger partial charge < -0.3 is 9.72 Å². The number of H-pyrrole nitrogens is 1. The number of rotatable bonds is 3. The first-order valence-corrected chi connectivity index (χ1v) is 5.96. The lowest BCUT2D eigenvalue weighted by atomic mass is 10.0. The summed E-state index contributed by atoms with van der Waals surface area (Å²) in [6.45, 7) is 0. The fraction of sp³-hybridized carbons (Fsp3) is 0.0667. The number of benzene rings is 1. The molecule has 0 unspecified atom stereocenters. The van der Waals surface area contributed by atoms with Crippen molar-refractivity contribution in [1.29, 1.82) is 0 Å². The Morgan fingerprint density at radius 2 is 2.05 bits per heavy atom. The van der Waals surface area contributed by atoms with Crippen LogP contribution in [0, 0.1) is 0 Å². The Bertz CT molecular complexity index is 663. The van der Waals surface area contributed by atoms with Crippen molar-refractivity contribution < 1.29 is 4.74 Å². The molecule has 0 bridgehead atoms. The number of nitrogens with one attached hydrogen (secondary N) is 1. The van der Waals surface area contributed by atoms with E-state index in [9.17, 15) is 0 Å². The molecule has 1 aromatic carbocycles. The molecule has 1 N–H and O–H groups in total. The number of ether oxygens (including phenoxy) is 1. The summed E-state index contributed by atoms with van der Waals surface area (Å²) in [4.78, 5) is 11.6. The van der Waals surface area contributed by atoms with E-state index in [0.29, 0.717) is 0 Å². The van der Waals surface area contributed by atoms with Gasteiger partial charge in [0.2, 0.25) is 0 Å². The van der Waals surface area contributed by atoms with E-state index in [-0.39, 0.29) is 0 Å². The van der Waals surface area contributed by atoms with E-state index in [0.717, 1.165) is 28.3 Å². The van der Waals surface area contributed by atoms with Gasteiger partial charge in [0.05, 0.1) is 7.11 Å². The zero-order valence-electron chi connectivity index (χ0n) is 10.5. The fourth-order valence-corrected chi connectivity index (χ4v) is 2.03. The van der Waals surface area contributed by atoms with Crippen LogP contribution >= 0.6 is 0 Å². The summed E-state index contributed by atoms with van der Waals surface area (Å²) in [6.07, 6.45) is 7.15. The van der Waals surface area contributed by atoms with E-state index in [4.69, 9.17) is 4.74 Å². The summed E-state index contributed by atoms with van der Waals surface area (Å²) in [7, 11) is 1.66. The van der Waals surface area contributed by atoms with Crippen molar-refractivity contribution >= 4 is 0 Å². The molecule has 0 amide bonds. The van der Waals surface area contributed by atoms with Gasteiger partial charge in [-0.2, -0.15) is 0 Å². The van der Waals surface area contributed by atoms with Crippen LogP contribution in [-0.4, -0.2) is 22.1 Å². The third-order valence-corrected chi connectivity index (χ3v) is 2.95. The first-order chi connectivity index (χ1) is 9.38. The summed E-state index contributed by atoms with van der Waals surface area (Å²) in [6, 6.07) is 9.89. The predicted octanol–water partition coefficient (Wildman–Crippen LogP) is 3.15. The number of aromatic nitrogens is 3. The molecule has 0 fully saturated rings. The molecule has 0 saturated carbocycles. The summed E-state index contributed by atoms with van der Waals surface area (Å²) in [5.41, 5.74) is 3.12. The van der Waals surface area contributed by atoms with Crippen molar-refractivity contribution in [2.24, 2.45) is 0 Å². The highest BCUT2D eigenvalue weighted by Gasteiger charge is 2.10. The molecule has 19 heavy (non-hydrogen) atoms. The quantitative estimate of drug-likeness (QED) is 0.778. The van der Waals surface area contributed by atoms with Gasteiger partial charge in [0, 0.05) is 35.9 Å². The Labute approximate surface area is 111 Å². The first kappa shape index (κ1) is 11.5. The van der Waals surface area contributed by atoms with Crippen molar-refractivity contribution in [3.8, 4) is 28.3 Å². The molecular formula is C15H13N3O. The van der Waals surface area contributed by atoms with Crippen LogP contribution < -0.4 is 4.74 Å². The number of hydrogen-bond acceptors (Lipinski definition) is 3. The number of aromatic amines is 1. The molecule has 0 saturated heterocycles. The number of hydrogen-bond donors (Lipinski definition) is 1. The normalized spacial score (nSPS) is 10.4. The first-order valence-electron chi connectivity index (χ1n) is 5.96. The maximum atomic E-state index is 5.29. The molecular weight excluding hydrogens is 238 g/mol. The lowest BCUT2D eigenvalue weighted by molar-refractivity contribution is 0.415. The zero-order chi connectivity index (χ0) is 13.1. The van der Waals surface area contributed by atoms with Gasteiger partial charge in [-0.25, -0.2) is 4.98 Å². The summed E-state index contributed by atoms with van der Waals surface area (Å²) in [5, 5.41) is 0. The maximum Gasteiger partial charge on any atom is 0.138 e. The van der Waals surface area contributed by atoms with Crippen molar-refractivity contribution in [2.45, 2.75) is 0 Å². The lowest BCUT2D eigenvalue weighted by Gasteiger charge is -2.09. The van der Waals surface area contributed by atoms with E-state index in [1.807, 2.05) is 42.7 Å². The van der Waals surface area contributed by atoms with Crippen LogP contribution in [0.25, 0.3) is 22.5 Å². The summed E-state index contributed by atoms with van der Waals surface area (Å²) in [5.74, 6) is 1.62. The van der Waals surface area contributed by atoms with E-state index in [1.54, 1.807) is 19.5 Å². The topological polar surface area (TPSA) is 50.8 Å². The number of pyridine rings is 1. The van der Waals surface area contributed by atoms with Gasteiger partial charge in [0.25, 0.3) is 0 Å². The highest BCUT2D eigenvalue weighted by molar-refractivity contribution is 5.81.